The highest BCUT2D eigenvalue weighted by molar-refractivity contribution is 5.82. The van der Waals surface area contributed by atoms with Crippen molar-refractivity contribution in [3.63, 3.8) is 0 Å². The minimum atomic E-state index is -0.901. The minimum absolute atomic E-state index is 0.0120. The monoisotopic (exact) mass is 668 g/mol. The first kappa shape index (κ1) is 43.9. The Bertz CT molecular complexity index is 918. The molecule has 0 aliphatic heterocycles. The van der Waals surface area contributed by atoms with Crippen LogP contribution in [0.15, 0.2) is 12.1 Å². The number of amides is 1. The molecular formula is C36H64N2O9. The topological polar surface area (TPSA) is 142 Å². The number of ether oxygens (including phenoxy) is 5. The number of rotatable bonds is 29. The van der Waals surface area contributed by atoms with Crippen LogP contribution in [0.2, 0.25) is 0 Å². The van der Waals surface area contributed by atoms with Crippen molar-refractivity contribution in [3.05, 3.63) is 17.7 Å². The van der Waals surface area contributed by atoms with Crippen LogP contribution in [0.3, 0.4) is 0 Å². The molecule has 0 saturated heterocycles. The van der Waals surface area contributed by atoms with E-state index in [1.165, 1.54) is 111 Å². The first-order valence-electron chi connectivity index (χ1n) is 17.5. The Labute approximate surface area is 283 Å². The fourth-order valence-electron chi connectivity index (χ4n) is 4.90. The summed E-state index contributed by atoms with van der Waals surface area (Å²) in [6, 6.07) is 3.55. The van der Waals surface area contributed by atoms with Gasteiger partial charge in [0.1, 0.15) is 13.2 Å². The molecule has 1 rings (SSSR count). The third-order valence-electron chi connectivity index (χ3n) is 7.44. The van der Waals surface area contributed by atoms with Gasteiger partial charge >= 0.3 is 11.9 Å². The maximum Gasteiger partial charge on any atom is 0.325 e. The maximum absolute atomic E-state index is 11.5. The van der Waals surface area contributed by atoms with Crippen LogP contribution >= 0.6 is 0 Å². The number of carboxylic acids is 1. The fourth-order valence-corrected chi connectivity index (χ4v) is 4.90. The van der Waals surface area contributed by atoms with Gasteiger partial charge in [-0.15, -0.1) is 0 Å². The molecule has 0 atom stereocenters. The van der Waals surface area contributed by atoms with Crippen LogP contribution in [0.25, 0.3) is 0 Å². The summed E-state index contributed by atoms with van der Waals surface area (Å²) in [4.78, 5) is 33.0. The van der Waals surface area contributed by atoms with Crippen molar-refractivity contribution < 1.29 is 43.2 Å². The highest BCUT2D eigenvalue weighted by Crippen LogP contribution is 2.38. The van der Waals surface area contributed by atoms with E-state index in [4.69, 9.17) is 28.8 Å². The average molecular weight is 669 g/mol. The van der Waals surface area contributed by atoms with E-state index in [1.54, 1.807) is 19.1 Å². The number of methoxy groups -OCH3 is 3. The molecule has 272 valence electrons. The van der Waals surface area contributed by atoms with Gasteiger partial charge in [-0.1, -0.05) is 103 Å². The van der Waals surface area contributed by atoms with Crippen LogP contribution in [0.4, 0.5) is 0 Å². The van der Waals surface area contributed by atoms with Gasteiger partial charge in [0.25, 0.3) is 0 Å². The van der Waals surface area contributed by atoms with Gasteiger partial charge in [-0.25, -0.2) is 0 Å². The standard InChI is InChI=1S/C24H47NO4.C12H17NO5/c1-3-5-6-7-8-9-10-11-12-13-14-15-16-17-18-19-20-28-22-23(26)25-21-24(27)29-4-2;1-16-9-4-8(6-13-7-11(14)15)5-10(17-2)12(9)18-3/h3-22H2,1-2H3,(H,25,26);4-5,13H,6-7H2,1-3H3,(H,14,15). The van der Waals surface area contributed by atoms with Gasteiger partial charge in [-0.2, -0.15) is 0 Å². The van der Waals surface area contributed by atoms with E-state index in [-0.39, 0.29) is 25.6 Å². The van der Waals surface area contributed by atoms with Crippen molar-refractivity contribution in [3.8, 4) is 17.2 Å². The molecule has 1 amide bonds. The molecule has 11 heteroatoms. The van der Waals surface area contributed by atoms with E-state index < -0.39 is 11.9 Å². The molecule has 0 aliphatic carbocycles. The van der Waals surface area contributed by atoms with Gasteiger partial charge in [-0.05, 0) is 31.0 Å². The highest BCUT2D eigenvalue weighted by Gasteiger charge is 2.13. The summed E-state index contributed by atoms with van der Waals surface area (Å²) in [5.74, 6) is 0.0191. The second-order valence-corrected chi connectivity index (χ2v) is 11.5. The van der Waals surface area contributed by atoms with Crippen molar-refractivity contribution in [2.24, 2.45) is 0 Å². The molecule has 11 nitrogen and oxygen atoms in total. The van der Waals surface area contributed by atoms with Crippen molar-refractivity contribution in [2.45, 2.75) is 123 Å². The predicted molar refractivity (Wildman–Crippen MR) is 185 cm³/mol. The summed E-state index contributed by atoms with van der Waals surface area (Å²) in [5, 5.41) is 13.8. The molecule has 0 aromatic heterocycles. The molecule has 0 saturated carbocycles. The summed E-state index contributed by atoms with van der Waals surface area (Å²) in [6.07, 6.45) is 21.5. The summed E-state index contributed by atoms with van der Waals surface area (Å²) in [6.45, 7) is 5.17. The number of hydrogen-bond acceptors (Lipinski definition) is 9. The van der Waals surface area contributed by atoms with Crippen LogP contribution in [-0.2, 0) is 30.4 Å². The van der Waals surface area contributed by atoms with E-state index in [9.17, 15) is 14.4 Å². The van der Waals surface area contributed by atoms with E-state index in [2.05, 4.69) is 17.6 Å². The van der Waals surface area contributed by atoms with Crippen LogP contribution in [0.5, 0.6) is 17.2 Å². The lowest BCUT2D eigenvalue weighted by atomic mass is 10.0. The number of carbonyl (C=O) groups is 3. The van der Waals surface area contributed by atoms with Crippen LogP contribution < -0.4 is 24.8 Å². The Hall–Kier alpha value is -3.05. The first-order valence-corrected chi connectivity index (χ1v) is 17.5. The molecule has 0 aliphatic rings. The lowest BCUT2D eigenvalue weighted by molar-refractivity contribution is -0.143. The van der Waals surface area contributed by atoms with Gasteiger partial charge in [0.2, 0.25) is 11.7 Å². The second-order valence-electron chi connectivity index (χ2n) is 11.5. The molecule has 47 heavy (non-hydrogen) atoms. The second kappa shape index (κ2) is 31.5. The maximum atomic E-state index is 11.5. The van der Waals surface area contributed by atoms with Crippen LogP contribution in [-0.4, -0.2) is 77.2 Å². The number of nitrogens with one attached hydrogen (secondary N) is 2. The quantitative estimate of drug-likeness (QED) is 0.0614. The molecule has 0 spiro atoms. The summed E-state index contributed by atoms with van der Waals surface area (Å²) in [7, 11) is 4.60. The number of carboxylic acid groups (broad SMARTS) is 1. The Morgan fingerprint density at radius 2 is 1.17 bits per heavy atom. The number of aliphatic carboxylic acids is 1. The van der Waals surface area contributed by atoms with Gasteiger partial charge in [0.05, 0.1) is 34.5 Å². The summed E-state index contributed by atoms with van der Waals surface area (Å²) < 4.78 is 25.7. The Kier molecular flexibility index (Phi) is 29.5. The normalized spacial score (nSPS) is 10.5. The zero-order valence-corrected chi connectivity index (χ0v) is 29.9. The molecule has 0 bridgehead atoms. The van der Waals surface area contributed by atoms with Crippen molar-refractivity contribution in [1.82, 2.24) is 10.6 Å². The molecule has 3 N–H and O–H groups in total. The lowest BCUT2D eigenvalue weighted by Crippen LogP contribution is -2.33. The van der Waals surface area contributed by atoms with Crippen LogP contribution in [0, 0.1) is 0 Å². The van der Waals surface area contributed by atoms with E-state index in [1.807, 2.05) is 0 Å². The van der Waals surface area contributed by atoms with E-state index >= 15 is 0 Å². The summed E-state index contributed by atoms with van der Waals surface area (Å²) >= 11 is 0. The number of unbranched alkanes of at least 4 members (excludes halogenated alkanes) is 15. The van der Waals surface area contributed by atoms with Crippen molar-refractivity contribution in [2.75, 3.05) is 54.2 Å². The average Bonchev–Trinajstić information content (AvgIpc) is 3.06. The molecule has 0 fully saturated rings. The number of carbonyl (C=O) groups excluding carboxylic acids is 2. The van der Waals surface area contributed by atoms with E-state index in [0.29, 0.717) is 37.0 Å². The number of benzene rings is 1. The molecule has 0 heterocycles. The van der Waals surface area contributed by atoms with Crippen molar-refractivity contribution >= 4 is 17.8 Å². The van der Waals surface area contributed by atoms with Gasteiger partial charge in [0.15, 0.2) is 11.5 Å². The largest absolute Gasteiger partial charge is 0.493 e. The van der Waals surface area contributed by atoms with Crippen LogP contribution in [0.1, 0.15) is 122 Å². The van der Waals surface area contributed by atoms with Gasteiger partial charge < -0.3 is 39.4 Å². The Balaban J connectivity index is 0.00000100. The smallest absolute Gasteiger partial charge is 0.325 e. The molecule has 0 unspecified atom stereocenters. The highest BCUT2D eigenvalue weighted by atomic mass is 16.5. The summed E-state index contributed by atoms with van der Waals surface area (Å²) in [5.41, 5.74) is 0.853. The zero-order valence-electron chi connectivity index (χ0n) is 29.9. The zero-order chi connectivity index (χ0) is 35.0. The number of hydrogen-bond donors (Lipinski definition) is 3. The predicted octanol–water partition coefficient (Wildman–Crippen LogP) is 6.83. The first-order chi connectivity index (χ1) is 22.8. The Morgan fingerprint density at radius 1 is 0.681 bits per heavy atom. The molecular weight excluding hydrogens is 604 g/mol. The van der Waals surface area contributed by atoms with E-state index in [0.717, 1.165) is 18.4 Å². The lowest BCUT2D eigenvalue weighted by Gasteiger charge is -2.14. The Morgan fingerprint density at radius 3 is 1.60 bits per heavy atom. The number of esters is 1. The molecule has 1 aromatic carbocycles. The third-order valence-corrected chi connectivity index (χ3v) is 7.44. The van der Waals surface area contributed by atoms with Crippen molar-refractivity contribution in [1.29, 1.82) is 0 Å². The van der Waals surface area contributed by atoms with Gasteiger partial charge in [-0.3, -0.25) is 14.4 Å². The molecule has 0 radical (unpaired) electrons. The SMILES string of the molecule is CCCCCCCCCCCCCCCCCCOCC(=O)NCC(=O)OCC.COc1cc(CNCC(=O)O)cc(OC)c1OC. The minimum Gasteiger partial charge on any atom is -0.493 e. The molecule has 1 aromatic rings. The van der Waals surface area contributed by atoms with Gasteiger partial charge in [0, 0.05) is 13.2 Å². The fraction of sp³-hybridized carbons (Fsp3) is 0.750. The third kappa shape index (κ3) is 25.7.